The Morgan fingerprint density at radius 2 is 1.68 bits per heavy atom. The van der Waals surface area contributed by atoms with Crippen LogP contribution in [0.25, 0.3) is 0 Å². The van der Waals surface area contributed by atoms with Gasteiger partial charge < -0.3 is 19.5 Å². The van der Waals surface area contributed by atoms with Gasteiger partial charge in [-0.15, -0.1) is 0 Å². The third kappa shape index (κ3) is 5.79. The SMILES string of the molecule is COc1ccc(S(=O)(=O)N(CC(=O)N(C)C)c2ccc(Cl)cc2C(O)c2cccc(F)c2F)cc1OC. The van der Waals surface area contributed by atoms with Crippen LogP contribution in [0, 0.1) is 11.6 Å². The number of carbonyl (C=O) groups is 1. The van der Waals surface area contributed by atoms with Crippen molar-refractivity contribution in [3.05, 3.63) is 82.4 Å². The normalized spacial score (nSPS) is 12.1. The zero-order valence-corrected chi connectivity index (χ0v) is 22.0. The van der Waals surface area contributed by atoms with Crippen molar-refractivity contribution in [2.24, 2.45) is 0 Å². The third-order valence-electron chi connectivity index (χ3n) is 5.55. The Bertz CT molecular complexity index is 1420. The lowest BCUT2D eigenvalue weighted by molar-refractivity contribution is -0.127. The van der Waals surface area contributed by atoms with E-state index >= 15 is 0 Å². The molecule has 37 heavy (non-hydrogen) atoms. The zero-order chi connectivity index (χ0) is 27.5. The highest BCUT2D eigenvalue weighted by Gasteiger charge is 2.32. The number of ether oxygens (including phenoxy) is 2. The second kappa shape index (κ2) is 11.3. The number of rotatable bonds is 9. The lowest BCUT2D eigenvalue weighted by Crippen LogP contribution is -2.41. The molecular formula is C25H25ClF2N2O6S. The summed E-state index contributed by atoms with van der Waals surface area (Å²) in [5, 5.41) is 11.2. The molecule has 0 saturated carbocycles. The maximum absolute atomic E-state index is 14.6. The number of anilines is 1. The van der Waals surface area contributed by atoms with Gasteiger partial charge in [0.05, 0.1) is 24.8 Å². The Morgan fingerprint density at radius 3 is 2.30 bits per heavy atom. The summed E-state index contributed by atoms with van der Waals surface area (Å²) < 4.78 is 67.4. The van der Waals surface area contributed by atoms with Gasteiger partial charge in [-0.1, -0.05) is 23.7 Å². The lowest BCUT2D eigenvalue weighted by Gasteiger charge is -2.29. The molecule has 1 unspecified atom stereocenters. The van der Waals surface area contributed by atoms with Crippen LogP contribution < -0.4 is 13.8 Å². The van der Waals surface area contributed by atoms with E-state index in [1.807, 2.05) is 0 Å². The molecule has 0 aromatic heterocycles. The maximum atomic E-state index is 14.6. The summed E-state index contributed by atoms with van der Waals surface area (Å²) in [4.78, 5) is 13.7. The molecule has 3 aromatic rings. The summed E-state index contributed by atoms with van der Waals surface area (Å²) >= 11 is 6.13. The number of hydrogen-bond donors (Lipinski definition) is 1. The minimum absolute atomic E-state index is 0.0945. The van der Waals surface area contributed by atoms with Crippen molar-refractivity contribution in [2.75, 3.05) is 39.2 Å². The van der Waals surface area contributed by atoms with Gasteiger partial charge in [0.1, 0.15) is 12.6 Å². The van der Waals surface area contributed by atoms with E-state index in [1.54, 1.807) is 0 Å². The monoisotopic (exact) mass is 554 g/mol. The number of nitrogens with zero attached hydrogens (tertiary/aromatic N) is 2. The van der Waals surface area contributed by atoms with E-state index in [-0.39, 0.29) is 32.7 Å². The molecule has 0 radical (unpaired) electrons. The molecule has 0 bridgehead atoms. The van der Waals surface area contributed by atoms with E-state index in [4.69, 9.17) is 21.1 Å². The molecule has 198 valence electrons. The summed E-state index contributed by atoms with van der Waals surface area (Å²) in [7, 11) is 1.14. The number of aliphatic hydroxyl groups is 1. The number of aliphatic hydroxyl groups excluding tert-OH is 1. The second-order valence-corrected chi connectivity index (χ2v) is 10.4. The highest BCUT2D eigenvalue weighted by Crippen LogP contribution is 2.38. The third-order valence-corrected chi connectivity index (χ3v) is 7.54. The van der Waals surface area contributed by atoms with Crippen LogP contribution in [0.5, 0.6) is 11.5 Å². The molecule has 12 heteroatoms. The molecule has 1 amide bonds. The van der Waals surface area contributed by atoms with E-state index in [0.29, 0.717) is 0 Å². The standard InChI is InChI=1S/C25H25ClF2N2O6S/c1-29(2)23(31)14-30(37(33,34)16-9-11-21(35-3)22(13-16)36-4)20-10-8-15(26)12-18(20)25(32)17-6-5-7-19(27)24(17)28/h5-13,25,32H,14H2,1-4H3. The molecule has 0 spiro atoms. The van der Waals surface area contributed by atoms with Gasteiger partial charge in [0.25, 0.3) is 10.0 Å². The highest BCUT2D eigenvalue weighted by molar-refractivity contribution is 7.92. The number of hydrogen-bond acceptors (Lipinski definition) is 6. The molecule has 0 saturated heterocycles. The van der Waals surface area contributed by atoms with Crippen LogP contribution >= 0.6 is 11.6 Å². The first kappa shape index (κ1) is 28.2. The fraction of sp³-hybridized carbons (Fsp3) is 0.240. The first-order valence-electron chi connectivity index (χ1n) is 10.8. The minimum atomic E-state index is -4.48. The molecular weight excluding hydrogens is 530 g/mol. The summed E-state index contributed by atoms with van der Waals surface area (Å²) in [5.74, 6) is -2.68. The Labute approximate surface area is 218 Å². The minimum Gasteiger partial charge on any atom is -0.493 e. The quantitative estimate of drug-likeness (QED) is 0.429. The van der Waals surface area contributed by atoms with Crippen molar-refractivity contribution in [2.45, 2.75) is 11.0 Å². The maximum Gasteiger partial charge on any atom is 0.264 e. The molecule has 1 atom stereocenters. The fourth-order valence-electron chi connectivity index (χ4n) is 3.54. The van der Waals surface area contributed by atoms with Crippen molar-refractivity contribution in [3.8, 4) is 11.5 Å². The zero-order valence-electron chi connectivity index (χ0n) is 20.4. The average Bonchev–Trinajstić information content (AvgIpc) is 2.87. The first-order chi connectivity index (χ1) is 17.4. The Hall–Kier alpha value is -3.41. The van der Waals surface area contributed by atoms with Crippen molar-refractivity contribution >= 4 is 33.2 Å². The van der Waals surface area contributed by atoms with Crippen LogP contribution in [0.2, 0.25) is 5.02 Å². The number of benzene rings is 3. The molecule has 0 aliphatic rings. The summed E-state index contributed by atoms with van der Waals surface area (Å²) in [6.45, 7) is -0.670. The van der Waals surface area contributed by atoms with Crippen LogP contribution in [0.4, 0.5) is 14.5 Å². The summed E-state index contributed by atoms with van der Waals surface area (Å²) in [6.07, 6.45) is -1.82. The number of amides is 1. The largest absolute Gasteiger partial charge is 0.493 e. The number of likely N-dealkylation sites (N-methyl/N-ethyl adjacent to an activating group) is 1. The van der Waals surface area contributed by atoms with Crippen LogP contribution in [-0.4, -0.2) is 59.2 Å². The van der Waals surface area contributed by atoms with Gasteiger partial charge in [0.2, 0.25) is 5.91 Å². The van der Waals surface area contributed by atoms with Gasteiger partial charge in [-0.3, -0.25) is 9.10 Å². The van der Waals surface area contributed by atoms with E-state index in [2.05, 4.69) is 0 Å². The predicted octanol–water partition coefficient (Wildman–Crippen LogP) is 4.00. The molecule has 0 aliphatic carbocycles. The first-order valence-corrected chi connectivity index (χ1v) is 12.6. The Morgan fingerprint density at radius 1 is 1.00 bits per heavy atom. The average molecular weight is 555 g/mol. The molecule has 3 rings (SSSR count). The van der Waals surface area contributed by atoms with Crippen molar-refractivity contribution < 1.29 is 36.6 Å². The van der Waals surface area contributed by atoms with E-state index in [9.17, 15) is 27.1 Å². The predicted molar refractivity (Wildman–Crippen MR) is 135 cm³/mol. The van der Waals surface area contributed by atoms with Gasteiger partial charge in [-0.25, -0.2) is 17.2 Å². The fourth-order valence-corrected chi connectivity index (χ4v) is 5.18. The molecule has 8 nitrogen and oxygen atoms in total. The van der Waals surface area contributed by atoms with Crippen LogP contribution in [0.15, 0.2) is 59.5 Å². The Balaban J connectivity index is 2.25. The van der Waals surface area contributed by atoms with Crippen LogP contribution in [0.1, 0.15) is 17.2 Å². The molecule has 1 N–H and O–H groups in total. The van der Waals surface area contributed by atoms with Crippen molar-refractivity contribution in [1.29, 1.82) is 0 Å². The van der Waals surface area contributed by atoms with E-state index in [0.717, 1.165) is 16.4 Å². The molecule has 3 aromatic carbocycles. The molecule has 0 aliphatic heterocycles. The van der Waals surface area contributed by atoms with Crippen LogP contribution in [0.3, 0.4) is 0 Å². The Kier molecular flexibility index (Phi) is 8.62. The molecule has 0 heterocycles. The number of sulfonamides is 1. The van der Waals surface area contributed by atoms with Crippen LogP contribution in [-0.2, 0) is 14.8 Å². The second-order valence-electron chi connectivity index (χ2n) is 8.07. The van der Waals surface area contributed by atoms with Gasteiger partial charge in [-0.05, 0) is 36.4 Å². The van der Waals surface area contributed by atoms with Crippen molar-refractivity contribution in [3.63, 3.8) is 0 Å². The number of carbonyl (C=O) groups excluding carboxylic acids is 1. The van der Waals surface area contributed by atoms with E-state index in [1.165, 1.54) is 75.7 Å². The molecule has 0 fully saturated rings. The smallest absolute Gasteiger partial charge is 0.264 e. The highest BCUT2D eigenvalue weighted by atomic mass is 35.5. The van der Waals surface area contributed by atoms with Gasteiger partial charge in [-0.2, -0.15) is 0 Å². The van der Waals surface area contributed by atoms with E-state index < -0.39 is 45.8 Å². The van der Waals surface area contributed by atoms with Gasteiger partial charge >= 0.3 is 0 Å². The summed E-state index contributed by atoms with van der Waals surface area (Å²) in [5.41, 5.74) is -0.760. The lowest BCUT2D eigenvalue weighted by atomic mass is 9.99. The topological polar surface area (TPSA) is 96.4 Å². The van der Waals surface area contributed by atoms with Gasteiger partial charge in [0, 0.05) is 36.3 Å². The van der Waals surface area contributed by atoms with Gasteiger partial charge in [0.15, 0.2) is 23.1 Å². The number of methoxy groups -OCH3 is 2. The number of halogens is 3. The summed E-state index contributed by atoms with van der Waals surface area (Å²) in [6, 6.07) is 11.0. The van der Waals surface area contributed by atoms with Crippen molar-refractivity contribution in [1.82, 2.24) is 4.90 Å².